The van der Waals surface area contributed by atoms with Crippen LogP contribution in [-0.4, -0.2) is 23.2 Å². The molecule has 1 saturated heterocycles. The molecule has 0 aromatic carbocycles. The van der Waals surface area contributed by atoms with Gasteiger partial charge in [-0.3, -0.25) is 4.79 Å². The van der Waals surface area contributed by atoms with Gasteiger partial charge in [0.05, 0.1) is 6.10 Å². The molecule has 2 aliphatic rings. The molecular weight excluding hydrogens is 130 g/mol. The number of hydrogen-bond donors (Lipinski definition) is 2. The molecule has 0 aromatic rings. The van der Waals surface area contributed by atoms with Crippen LogP contribution in [0.25, 0.3) is 0 Å². The maximum absolute atomic E-state index is 11.0. The van der Waals surface area contributed by atoms with E-state index in [2.05, 4.69) is 5.32 Å². The third-order valence-electron chi connectivity index (χ3n) is 2.40. The first kappa shape index (κ1) is 6.16. The van der Waals surface area contributed by atoms with Gasteiger partial charge in [0.2, 0.25) is 5.91 Å². The molecule has 1 aliphatic carbocycles. The smallest absolute Gasteiger partial charge is 0.223 e. The molecule has 3 heteroatoms. The van der Waals surface area contributed by atoms with Crippen LogP contribution in [0.15, 0.2) is 0 Å². The molecule has 3 atom stereocenters. The fraction of sp³-hybridized carbons (Fsp3) is 0.857. The van der Waals surface area contributed by atoms with Crippen molar-refractivity contribution in [1.29, 1.82) is 0 Å². The van der Waals surface area contributed by atoms with Crippen molar-refractivity contribution in [3.8, 4) is 0 Å². The summed E-state index contributed by atoms with van der Waals surface area (Å²) in [4.78, 5) is 11.0. The second-order valence-electron chi connectivity index (χ2n) is 3.26. The second kappa shape index (κ2) is 1.95. The van der Waals surface area contributed by atoms with Crippen LogP contribution in [0.2, 0.25) is 0 Å². The van der Waals surface area contributed by atoms with E-state index in [1.807, 2.05) is 0 Å². The van der Waals surface area contributed by atoms with Gasteiger partial charge in [-0.2, -0.15) is 0 Å². The average Bonchev–Trinajstić information content (AvgIpc) is 2.07. The fourth-order valence-electron chi connectivity index (χ4n) is 1.94. The van der Waals surface area contributed by atoms with Crippen LogP contribution in [0.4, 0.5) is 0 Å². The van der Waals surface area contributed by atoms with Gasteiger partial charge in [-0.15, -0.1) is 0 Å². The monoisotopic (exact) mass is 141 g/mol. The van der Waals surface area contributed by atoms with Gasteiger partial charge in [-0.25, -0.2) is 0 Å². The Balaban J connectivity index is 2.13. The SMILES string of the molecule is O=C1N[C@@H]2C[C@H](O)C[C@H]1C2. The third-order valence-corrected chi connectivity index (χ3v) is 2.40. The van der Waals surface area contributed by atoms with Gasteiger partial charge in [0.15, 0.2) is 0 Å². The van der Waals surface area contributed by atoms with Crippen molar-refractivity contribution in [1.82, 2.24) is 5.32 Å². The minimum Gasteiger partial charge on any atom is -0.393 e. The highest BCUT2D eigenvalue weighted by Gasteiger charge is 2.38. The van der Waals surface area contributed by atoms with E-state index in [0.717, 1.165) is 12.8 Å². The lowest BCUT2D eigenvalue weighted by Gasteiger charge is -2.20. The van der Waals surface area contributed by atoms with Gasteiger partial charge in [0.25, 0.3) is 0 Å². The van der Waals surface area contributed by atoms with E-state index in [1.165, 1.54) is 0 Å². The summed E-state index contributed by atoms with van der Waals surface area (Å²) in [6, 6.07) is 0.265. The van der Waals surface area contributed by atoms with Crippen molar-refractivity contribution in [2.75, 3.05) is 0 Å². The molecule has 0 unspecified atom stereocenters. The number of rotatable bonds is 0. The van der Waals surface area contributed by atoms with Crippen molar-refractivity contribution in [2.45, 2.75) is 31.4 Å². The molecule has 2 rings (SSSR count). The summed E-state index contributed by atoms with van der Waals surface area (Å²) >= 11 is 0. The van der Waals surface area contributed by atoms with E-state index in [4.69, 9.17) is 0 Å². The average molecular weight is 141 g/mol. The van der Waals surface area contributed by atoms with Crippen molar-refractivity contribution >= 4 is 5.91 Å². The number of aliphatic hydroxyl groups is 1. The van der Waals surface area contributed by atoms with Gasteiger partial charge in [-0.05, 0) is 19.3 Å². The predicted molar refractivity (Wildman–Crippen MR) is 35.3 cm³/mol. The Hall–Kier alpha value is -0.570. The van der Waals surface area contributed by atoms with Crippen molar-refractivity contribution < 1.29 is 9.90 Å². The summed E-state index contributed by atoms with van der Waals surface area (Å²) in [6.07, 6.45) is 2.11. The lowest BCUT2D eigenvalue weighted by Crippen LogP contribution is -2.28. The molecule has 0 spiro atoms. The van der Waals surface area contributed by atoms with E-state index in [0.29, 0.717) is 6.42 Å². The van der Waals surface area contributed by atoms with Crippen molar-refractivity contribution in [2.24, 2.45) is 5.92 Å². The molecule has 0 aromatic heterocycles. The lowest BCUT2D eigenvalue weighted by atomic mass is 9.88. The molecule has 1 amide bonds. The molecule has 2 bridgehead atoms. The maximum atomic E-state index is 11.0. The van der Waals surface area contributed by atoms with Crippen LogP contribution in [0, 0.1) is 5.92 Å². The Morgan fingerprint density at radius 1 is 1.40 bits per heavy atom. The number of carbonyl (C=O) groups excluding carboxylic acids is 1. The van der Waals surface area contributed by atoms with Crippen LogP contribution in [-0.2, 0) is 4.79 Å². The number of fused-ring (bicyclic) bond motifs is 2. The Labute approximate surface area is 59.4 Å². The molecule has 1 saturated carbocycles. The van der Waals surface area contributed by atoms with Crippen LogP contribution in [0.3, 0.4) is 0 Å². The molecule has 2 fully saturated rings. The first-order chi connectivity index (χ1) is 4.75. The topological polar surface area (TPSA) is 49.3 Å². The Morgan fingerprint density at radius 2 is 2.20 bits per heavy atom. The molecule has 1 heterocycles. The number of carbonyl (C=O) groups is 1. The van der Waals surface area contributed by atoms with E-state index in [1.54, 1.807) is 0 Å². The van der Waals surface area contributed by atoms with Crippen LogP contribution < -0.4 is 5.32 Å². The number of aliphatic hydroxyl groups excluding tert-OH is 1. The molecule has 56 valence electrons. The van der Waals surface area contributed by atoms with E-state index >= 15 is 0 Å². The van der Waals surface area contributed by atoms with Gasteiger partial charge in [0, 0.05) is 12.0 Å². The highest BCUT2D eigenvalue weighted by Crippen LogP contribution is 2.29. The fourth-order valence-corrected chi connectivity index (χ4v) is 1.94. The highest BCUT2D eigenvalue weighted by atomic mass is 16.3. The number of hydrogen-bond acceptors (Lipinski definition) is 2. The minimum atomic E-state index is -0.248. The molecular formula is C7H11NO2. The third kappa shape index (κ3) is 0.814. The number of nitrogens with one attached hydrogen (secondary N) is 1. The Bertz CT molecular complexity index is 169. The van der Waals surface area contributed by atoms with Gasteiger partial charge in [0.1, 0.15) is 0 Å². The second-order valence-corrected chi connectivity index (χ2v) is 3.26. The molecule has 1 aliphatic heterocycles. The summed E-state index contributed by atoms with van der Waals surface area (Å²) in [7, 11) is 0. The standard InChI is InChI=1S/C7H11NO2/c9-6-2-4-1-5(3-6)8-7(4)10/h4-6,9H,1-3H2,(H,8,10)/t4-,5+,6-/m1/s1. The quantitative estimate of drug-likeness (QED) is 0.484. The highest BCUT2D eigenvalue weighted by molar-refractivity contribution is 5.81. The van der Waals surface area contributed by atoms with Crippen molar-refractivity contribution in [3.05, 3.63) is 0 Å². The summed E-state index contributed by atoms with van der Waals surface area (Å²) < 4.78 is 0. The van der Waals surface area contributed by atoms with E-state index in [9.17, 15) is 9.90 Å². The van der Waals surface area contributed by atoms with Crippen LogP contribution in [0.1, 0.15) is 19.3 Å². The van der Waals surface area contributed by atoms with E-state index in [-0.39, 0.29) is 24.0 Å². The first-order valence-electron chi connectivity index (χ1n) is 3.74. The van der Waals surface area contributed by atoms with Gasteiger partial charge >= 0.3 is 0 Å². The molecule has 2 N–H and O–H groups in total. The largest absolute Gasteiger partial charge is 0.393 e. The molecule has 10 heavy (non-hydrogen) atoms. The Morgan fingerprint density at radius 3 is 2.90 bits per heavy atom. The summed E-state index contributed by atoms with van der Waals surface area (Å²) in [5.41, 5.74) is 0. The normalized spacial score (nSPS) is 45.3. The van der Waals surface area contributed by atoms with Crippen LogP contribution in [0.5, 0.6) is 0 Å². The first-order valence-corrected chi connectivity index (χ1v) is 3.74. The predicted octanol–water partition coefficient (Wildman–Crippen LogP) is -0.354. The zero-order valence-electron chi connectivity index (χ0n) is 5.71. The summed E-state index contributed by atoms with van der Waals surface area (Å²) in [5, 5.41) is 12.1. The van der Waals surface area contributed by atoms with Crippen LogP contribution >= 0.6 is 0 Å². The summed E-state index contributed by atoms with van der Waals surface area (Å²) in [6.45, 7) is 0. The lowest BCUT2D eigenvalue weighted by molar-refractivity contribution is -0.122. The van der Waals surface area contributed by atoms with Gasteiger partial charge < -0.3 is 10.4 Å². The summed E-state index contributed by atoms with van der Waals surface area (Å²) in [5.74, 6) is 0.246. The maximum Gasteiger partial charge on any atom is 0.223 e. The molecule has 3 nitrogen and oxygen atoms in total. The molecule has 0 radical (unpaired) electrons. The van der Waals surface area contributed by atoms with E-state index < -0.39 is 0 Å². The number of amides is 1. The zero-order valence-corrected chi connectivity index (χ0v) is 5.71. The minimum absolute atomic E-state index is 0.105. The zero-order chi connectivity index (χ0) is 7.14. The van der Waals surface area contributed by atoms with Gasteiger partial charge in [-0.1, -0.05) is 0 Å². The Kier molecular flexibility index (Phi) is 1.20. The van der Waals surface area contributed by atoms with Crippen molar-refractivity contribution in [3.63, 3.8) is 0 Å².